The molecule has 1 heterocycles. The molecule has 3 fully saturated rings. The molecule has 1 spiro atoms. The molecule has 4 atom stereocenters. The van der Waals surface area contributed by atoms with Crippen molar-refractivity contribution in [3.63, 3.8) is 0 Å². The smallest absolute Gasteiger partial charge is 0.0973 e. The highest BCUT2D eigenvalue weighted by Crippen LogP contribution is 2.76. The highest BCUT2D eigenvalue weighted by molar-refractivity contribution is 5.87. The van der Waals surface area contributed by atoms with Crippen LogP contribution in [-0.2, 0) is 0 Å². The fourth-order valence-corrected chi connectivity index (χ4v) is 8.08. The molecule has 8 rings (SSSR count). The maximum atomic E-state index is 5.27. The van der Waals surface area contributed by atoms with E-state index in [1.165, 1.54) is 32.1 Å². The molecule has 4 unspecified atom stereocenters. The van der Waals surface area contributed by atoms with Gasteiger partial charge in [0.25, 0.3) is 0 Å². The molecule has 32 heavy (non-hydrogen) atoms. The summed E-state index contributed by atoms with van der Waals surface area (Å²) in [6.45, 7) is 0. The lowest BCUT2D eigenvalue weighted by Crippen LogP contribution is -2.41. The zero-order chi connectivity index (χ0) is 20.9. The molecule has 156 valence electrons. The molecule has 3 saturated carbocycles. The van der Waals surface area contributed by atoms with E-state index in [-0.39, 0.29) is 0 Å². The number of hydrogen-bond donors (Lipinski definition) is 0. The fraction of sp³-hybridized carbons (Fsp3) is 0.333. The Morgan fingerprint density at radius 3 is 1.53 bits per heavy atom. The van der Waals surface area contributed by atoms with Gasteiger partial charge in [-0.05, 0) is 84.5 Å². The third-order valence-corrected chi connectivity index (χ3v) is 9.43. The Balaban J connectivity index is 1.38. The van der Waals surface area contributed by atoms with Crippen LogP contribution in [0.4, 0.5) is 0 Å². The summed E-state index contributed by atoms with van der Waals surface area (Å²) in [4.78, 5) is 10.5. The second kappa shape index (κ2) is 6.07. The molecule has 2 nitrogen and oxygen atoms in total. The average Bonchev–Trinajstić information content (AvgIpc) is 3.27. The van der Waals surface area contributed by atoms with Crippen LogP contribution < -0.4 is 0 Å². The minimum atomic E-state index is 0.686. The SMILES string of the molecule is c1ccc(-c2nc3cc4c(cc3nc2-c2ccccc2)C2CC3CC5CC4CC53C2)cc1. The van der Waals surface area contributed by atoms with Gasteiger partial charge in [0, 0.05) is 11.1 Å². The van der Waals surface area contributed by atoms with E-state index in [0.717, 1.165) is 57.2 Å². The minimum Gasteiger partial charge on any atom is -0.244 e. The van der Waals surface area contributed by atoms with Crippen molar-refractivity contribution in [2.75, 3.05) is 0 Å². The highest BCUT2D eigenvalue weighted by Gasteiger charge is 2.65. The monoisotopic (exact) mass is 414 g/mol. The zero-order valence-electron chi connectivity index (χ0n) is 18.2. The van der Waals surface area contributed by atoms with E-state index in [0.29, 0.717) is 5.41 Å². The molecule has 0 aliphatic heterocycles. The summed E-state index contributed by atoms with van der Waals surface area (Å²) in [7, 11) is 0. The molecule has 1 aromatic heterocycles. The Kier molecular flexibility index (Phi) is 3.33. The lowest BCUT2D eigenvalue weighted by Gasteiger charge is -2.48. The third-order valence-electron chi connectivity index (χ3n) is 9.43. The number of benzene rings is 3. The van der Waals surface area contributed by atoms with Gasteiger partial charge in [0.1, 0.15) is 0 Å². The number of nitrogens with zero attached hydrogens (tertiary/aromatic N) is 2. The standard InChI is InChI=1S/C30H26N2/c1-3-7-18(8-4-1)28-29(19-9-5-2-6-10-19)32-27-15-25-21-12-23-13-22-11-20(16-30(22,23)17-21)24(25)14-26(27)31-28/h1-10,14-15,20-23H,11-13,16-17H2. The Morgan fingerprint density at radius 1 is 0.594 bits per heavy atom. The summed E-state index contributed by atoms with van der Waals surface area (Å²) < 4.78 is 0. The van der Waals surface area contributed by atoms with Gasteiger partial charge in [0.05, 0.1) is 22.4 Å². The van der Waals surface area contributed by atoms with Gasteiger partial charge >= 0.3 is 0 Å². The third kappa shape index (κ3) is 2.20. The van der Waals surface area contributed by atoms with E-state index in [1.807, 2.05) is 0 Å². The topological polar surface area (TPSA) is 25.8 Å². The van der Waals surface area contributed by atoms with Crippen molar-refractivity contribution in [1.82, 2.24) is 9.97 Å². The quantitative estimate of drug-likeness (QED) is 0.342. The first-order valence-corrected chi connectivity index (χ1v) is 12.2. The summed E-state index contributed by atoms with van der Waals surface area (Å²) in [6.07, 6.45) is 7.16. The lowest BCUT2D eigenvalue weighted by molar-refractivity contribution is 0.00322. The maximum Gasteiger partial charge on any atom is 0.0973 e. The van der Waals surface area contributed by atoms with Crippen molar-refractivity contribution in [2.45, 2.75) is 43.9 Å². The second-order valence-electron chi connectivity index (χ2n) is 10.8. The van der Waals surface area contributed by atoms with E-state index >= 15 is 0 Å². The van der Waals surface area contributed by atoms with Gasteiger partial charge < -0.3 is 0 Å². The number of rotatable bonds is 2. The minimum absolute atomic E-state index is 0.686. The van der Waals surface area contributed by atoms with Crippen molar-refractivity contribution < 1.29 is 0 Å². The van der Waals surface area contributed by atoms with E-state index in [9.17, 15) is 0 Å². The van der Waals surface area contributed by atoms with Crippen LogP contribution in [0, 0.1) is 17.3 Å². The Morgan fingerprint density at radius 2 is 1.06 bits per heavy atom. The second-order valence-corrected chi connectivity index (χ2v) is 10.8. The van der Waals surface area contributed by atoms with Crippen LogP contribution in [0.25, 0.3) is 33.5 Å². The molecule has 0 amide bonds. The van der Waals surface area contributed by atoms with E-state index in [4.69, 9.17) is 9.97 Å². The number of hydrogen-bond acceptors (Lipinski definition) is 2. The van der Waals surface area contributed by atoms with Crippen molar-refractivity contribution in [2.24, 2.45) is 17.3 Å². The zero-order valence-corrected chi connectivity index (χ0v) is 18.2. The Bertz CT molecular complexity index is 1270. The molecule has 0 N–H and O–H groups in total. The van der Waals surface area contributed by atoms with Crippen molar-refractivity contribution in [3.8, 4) is 22.5 Å². The van der Waals surface area contributed by atoms with Gasteiger partial charge in [-0.2, -0.15) is 0 Å². The van der Waals surface area contributed by atoms with Crippen LogP contribution in [0.15, 0.2) is 72.8 Å². The molecular formula is C30H26N2. The molecule has 4 aliphatic carbocycles. The van der Waals surface area contributed by atoms with Gasteiger partial charge in [0.15, 0.2) is 0 Å². The van der Waals surface area contributed by atoms with Crippen LogP contribution in [0.2, 0.25) is 0 Å². The van der Waals surface area contributed by atoms with Crippen molar-refractivity contribution in [3.05, 3.63) is 83.9 Å². The van der Waals surface area contributed by atoms with Gasteiger partial charge in [-0.15, -0.1) is 0 Å². The number of fused-ring (bicyclic) bond motifs is 6. The van der Waals surface area contributed by atoms with Crippen LogP contribution in [0.5, 0.6) is 0 Å². The van der Waals surface area contributed by atoms with E-state index < -0.39 is 0 Å². The molecule has 4 aliphatic rings. The molecule has 0 radical (unpaired) electrons. The maximum absolute atomic E-state index is 5.27. The van der Waals surface area contributed by atoms with Crippen molar-refractivity contribution in [1.29, 1.82) is 0 Å². The molecule has 2 heteroatoms. The molecule has 3 aromatic carbocycles. The number of aromatic nitrogens is 2. The van der Waals surface area contributed by atoms with Gasteiger partial charge in [-0.25, -0.2) is 9.97 Å². The molecule has 3 bridgehead atoms. The predicted octanol–water partition coefficient (Wildman–Crippen LogP) is 7.35. The summed E-state index contributed by atoms with van der Waals surface area (Å²) in [5, 5.41) is 0. The van der Waals surface area contributed by atoms with Gasteiger partial charge in [0.2, 0.25) is 0 Å². The molecule has 0 saturated heterocycles. The molecule has 4 aromatic rings. The first-order valence-electron chi connectivity index (χ1n) is 12.2. The Hall–Kier alpha value is -3.00. The predicted molar refractivity (Wildman–Crippen MR) is 128 cm³/mol. The highest BCUT2D eigenvalue weighted by atomic mass is 14.8. The largest absolute Gasteiger partial charge is 0.244 e. The summed E-state index contributed by atoms with van der Waals surface area (Å²) in [5.74, 6) is 3.48. The summed E-state index contributed by atoms with van der Waals surface area (Å²) >= 11 is 0. The van der Waals surface area contributed by atoms with Crippen LogP contribution in [0.3, 0.4) is 0 Å². The van der Waals surface area contributed by atoms with Crippen molar-refractivity contribution >= 4 is 11.0 Å². The molecular weight excluding hydrogens is 388 g/mol. The normalized spacial score (nSPS) is 31.2. The van der Waals surface area contributed by atoms with Gasteiger partial charge in [-0.3, -0.25) is 0 Å². The Labute approximate surface area is 188 Å². The van der Waals surface area contributed by atoms with Gasteiger partial charge in [-0.1, -0.05) is 60.7 Å². The van der Waals surface area contributed by atoms with E-state index in [2.05, 4.69) is 72.8 Å². The first-order chi connectivity index (χ1) is 15.8. The fourth-order valence-electron chi connectivity index (χ4n) is 8.08. The van der Waals surface area contributed by atoms with Crippen LogP contribution in [-0.4, -0.2) is 9.97 Å². The van der Waals surface area contributed by atoms with Crippen LogP contribution >= 0.6 is 0 Å². The first kappa shape index (κ1) is 17.5. The lowest BCUT2D eigenvalue weighted by atomic mass is 9.56. The summed E-state index contributed by atoms with van der Waals surface area (Å²) in [6, 6.07) is 26.0. The summed E-state index contributed by atoms with van der Waals surface area (Å²) in [5.41, 5.74) is 10.3. The average molecular weight is 415 g/mol. The van der Waals surface area contributed by atoms with Crippen LogP contribution in [0.1, 0.15) is 55.1 Å². The van der Waals surface area contributed by atoms with E-state index in [1.54, 1.807) is 11.1 Å².